The lowest BCUT2D eigenvalue weighted by molar-refractivity contribution is 0.111. The van der Waals surface area contributed by atoms with Gasteiger partial charge in [0, 0.05) is 5.69 Å². The van der Waals surface area contributed by atoms with E-state index in [0.717, 1.165) is 17.7 Å². The molecule has 0 aromatic heterocycles. The van der Waals surface area contributed by atoms with Gasteiger partial charge in [-0.2, -0.15) is 0 Å². The number of benzene rings is 2. The molecular weight excluding hydrogens is 280 g/mol. The molecule has 0 aliphatic rings. The zero-order valence-corrected chi connectivity index (χ0v) is 10.8. The minimum atomic E-state index is -1.05. The molecule has 2 aromatic carbocycles. The van der Waals surface area contributed by atoms with Gasteiger partial charge in [-0.05, 0) is 17.7 Å². The van der Waals surface area contributed by atoms with Gasteiger partial charge in [-0.3, -0.25) is 10.1 Å². The molecule has 0 unspecified atom stereocenters. The second-order valence-corrected chi connectivity index (χ2v) is 4.16. The highest BCUT2D eigenvalue weighted by atomic mass is 19.1. The van der Waals surface area contributed by atoms with E-state index in [4.69, 9.17) is 4.74 Å². The van der Waals surface area contributed by atoms with Gasteiger partial charge in [0.25, 0.3) is 0 Å². The summed E-state index contributed by atoms with van der Waals surface area (Å²) in [6.45, 7) is 0.0318. The number of halogens is 2. The number of rotatable bonds is 4. The molecule has 0 saturated heterocycles. The lowest BCUT2D eigenvalue weighted by Crippen LogP contribution is -2.14. The summed E-state index contributed by atoms with van der Waals surface area (Å²) in [5.74, 6) is -2.10. The second-order valence-electron chi connectivity index (χ2n) is 4.16. The average molecular weight is 291 g/mol. The largest absolute Gasteiger partial charge is 0.444 e. The maximum Gasteiger partial charge on any atom is 0.411 e. The Balaban J connectivity index is 1.98. The Labute approximate surface area is 119 Å². The SMILES string of the molecule is O=Cc1c(F)cc(NC(=O)OCc2ccccc2)cc1F. The van der Waals surface area contributed by atoms with Crippen LogP contribution in [0.1, 0.15) is 15.9 Å². The molecule has 2 aromatic rings. The van der Waals surface area contributed by atoms with E-state index in [1.807, 2.05) is 6.07 Å². The molecule has 108 valence electrons. The fourth-order valence-corrected chi connectivity index (χ4v) is 1.65. The molecule has 0 atom stereocenters. The van der Waals surface area contributed by atoms with Crippen molar-refractivity contribution < 1.29 is 23.1 Å². The minimum absolute atomic E-state index is 0.0318. The van der Waals surface area contributed by atoms with Gasteiger partial charge >= 0.3 is 6.09 Å². The maximum atomic E-state index is 13.3. The van der Waals surface area contributed by atoms with Crippen LogP contribution in [0.5, 0.6) is 0 Å². The van der Waals surface area contributed by atoms with E-state index in [9.17, 15) is 18.4 Å². The predicted octanol–water partition coefficient (Wildman–Crippen LogP) is 3.53. The lowest BCUT2D eigenvalue weighted by atomic mass is 10.2. The summed E-state index contributed by atoms with van der Waals surface area (Å²) >= 11 is 0. The number of hydrogen-bond acceptors (Lipinski definition) is 3. The third-order valence-corrected chi connectivity index (χ3v) is 2.66. The highest BCUT2D eigenvalue weighted by Crippen LogP contribution is 2.17. The Morgan fingerprint density at radius 3 is 2.33 bits per heavy atom. The van der Waals surface area contributed by atoms with E-state index >= 15 is 0 Å². The number of anilines is 1. The van der Waals surface area contributed by atoms with Crippen LogP contribution < -0.4 is 5.32 Å². The van der Waals surface area contributed by atoms with Gasteiger partial charge in [0.2, 0.25) is 0 Å². The molecule has 6 heteroatoms. The van der Waals surface area contributed by atoms with Crippen LogP contribution in [-0.4, -0.2) is 12.4 Å². The number of hydrogen-bond donors (Lipinski definition) is 1. The summed E-state index contributed by atoms with van der Waals surface area (Å²) in [5, 5.41) is 2.19. The molecule has 0 radical (unpaired) electrons. The molecule has 0 saturated carbocycles. The van der Waals surface area contributed by atoms with Gasteiger partial charge in [0.05, 0.1) is 5.56 Å². The van der Waals surface area contributed by atoms with Crippen LogP contribution >= 0.6 is 0 Å². The first kappa shape index (κ1) is 14.6. The summed E-state index contributed by atoms with van der Waals surface area (Å²) in [7, 11) is 0. The van der Waals surface area contributed by atoms with E-state index in [1.165, 1.54) is 0 Å². The van der Waals surface area contributed by atoms with Crippen molar-refractivity contribution in [3.63, 3.8) is 0 Å². The number of carbonyl (C=O) groups is 2. The molecule has 0 aliphatic carbocycles. The van der Waals surface area contributed by atoms with Crippen LogP contribution in [-0.2, 0) is 11.3 Å². The van der Waals surface area contributed by atoms with E-state index in [2.05, 4.69) is 5.32 Å². The van der Waals surface area contributed by atoms with Crippen molar-refractivity contribution in [1.82, 2.24) is 0 Å². The Bertz CT molecular complexity index is 636. The highest BCUT2D eigenvalue weighted by Gasteiger charge is 2.12. The van der Waals surface area contributed by atoms with Crippen molar-refractivity contribution in [3.05, 3.63) is 65.2 Å². The normalized spacial score (nSPS) is 10.0. The van der Waals surface area contributed by atoms with E-state index < -0.39 is 23.3 Å². The number of amides is 1. The molecule has 0 bridgehead atoms. The average Bonchev–Trinajstić information content (AvgIpc) is 2.46. The van der Waals surface area contributed by atoms with Gasteiger partial charge in [-0.25, -0.2) is 13.6 Å². The maximum absolute atomic E-state index is 13.3. The van der Waals surface area contributed by atoms with Crippen LogP contribution in [0.4, 0.5) is 19.3 Å². The summed E-state index contributed by atoms with van der Waals surface area (Å²) in [6.07, 6.45) is -0.779. The number of ether oxygens (including phenoxy) is 1. The van der Waals surface area contributed by atoms with Crippen LogP contribution in [0.15, 0.2) is 42.5 Å². The smallest absolute Gasteiger partial charge is 0.411 e. The Hall–Kier alpha value is -2.76. The Morgan fingerprint density at radius 1 is 1.14 bits per heavy atom. The fraction of sp³-hybridized carbons (Fsp3) is 0.0667. The molecule has 1 N–H and O–H groups in total. The molecule has 0 fully saturated rings. The van der Waals surface area contributed by atoms with Crippen molar-refractivity contribution in [2.24, 2.45) is 0 Å². The van der Waals surface area contributed by atoms with Gasteiger partial charge in [-0.15, -0.1) is 0 Å². The first-order valence-corrected chi connectivity index (χ1v) is 6.02. The Kier molecular flexibility index (Phi) is 4.61. The van der Waals surface area contributed by atoms with Crippen LogP contribution in [0.3, 0.4) is 0 Å². The molecule has 2 rings (SSSR count). The topological polar surface area (TPSA) is 55.4 Å². The summed E-state index contributed by atoms with van der Waals surface area (Å²) in [5.41, 5.74) is -0.0341. The molecule has 0 heterocycles. The van der Waals surface area contributed by atoms with Crippen molar-refractivity contribution in [2.45, 2.75) is 6.61 Å². The van der Waals surface area contributed by atoms with Gasteiger partial charge in [0.15, 0.2) is 6.29 Å². The number of aldehydes is 1. The molecule has 4 nitrogen and oxygen atoms in total. The molecule has 0 aliphatic heterocycles. The van der Waals surface area contributed by atoms with Gasteiger partial charge < -0.3 is 4.74 Å². The van der Waals surface area contributed by atoms with Crippen molar-refractivity contribution in [2.75, 3.05) is 5.32 Å². The van der Waals surface area contributed by atoms with Gasteiger partial charge in [0.1, 0.15) is 18.2 Å². The van der Waals surface area contributed by atoms with Crippen LogP contribution in [0.25, 0.3) is 0 Å². The summed E-state index contributed by atoms with van der Waals surface area (Å²) < 4.78 is 31.6. The van der Waals surface area contributed by atoms with E-state index in [-0.39, 0.29) is 18.6 Å². The third kappa shape index (κ3) is 3.85. The van der Waals surface area contributed by atoms with Crippen LogP contribution in [0.2, 0.25) is 0 Å². The van der Waals surface area contributed by atoms with Crippen molar-refractivity contribution >= 4 is 18.1 Å². The summed E-state index contributed by atoms with van der Waals surface area (Å²) in [4.78, 5) is 22.0. The zero-order valence-electron chi connectivity index (χ0n) is 10.8. The standard InChI is InChI=1S/C15H11F2NO3/c16-13-6-11(7-14(17)12(13)8-19)18-15(20)21-9-10-4-2-1-3-5-10/h1-8H,9H2,(H,18,20). The lowest BCUT2D eigenvalue weighted by Gasteiger charge is -2.08. The summed E-state index contributed by atoms with van der Waals surface area (Å²) in [6, 6.07) is 10.6. The molecule has 0 spiro atoms. The second kappa shape index (κ2) is 6.60. The number of carbonyl (C=O) groups excluding carboxylic acids is 2. The van der Waals surface area contributed by atoms with E-state index in [0.29, 0.717) is 0 Å². The highest BCUT2D eigenvalue weighted by molar-refractivity contribution is 5.85. The Morgan fingerprint density at radius 2 is 1.76 bits per heavy atom. The quantitative estimate of drug-likeness (QED) is 0.877. The first-order valence-electron chi connectivity index (χ1n) is 6.02. The van der Waals surface area contributed by atoms with Gasteiger partial charge in [-0.1, -0.05) is 30.3 Å². The predicted molar refractivity (Wildman–Crippen MR) is 72.0 cm³/mol. The minimum Gasteiger partial charge on any atom is -0.444 e. The van der Waals surface area contributed by atoms with Crippen LogP contribution in [0, 0.1) is 11.6 Å². The zero-order chi connectivity index (χ0) is 15.2. The van der Waals surface area contributed by atoms with E-state index in [1.54, 1.807) is 24.3 Å². The first-order chi connectivity index (χ1) is 10.1. The number of nitrogens with one attached hydrogen (secondary N) is 1. The fourth-order valence-electron chi connectivity index (χ4n) is 1.65. The monoisotopic (exact) mass is 291 g/mol. The molecule has 1 amide bonds. The third-order valence-electron chi connectivity index (χ3n) is 2.66. The molecule has 21 heavy (non-hydrogen) atoms. The van der Waals surface area contributed by atoms with Crippen molar-refractivity contribution in [3.8, 4) is 0 Å². The van der Waals surface area contributed by atoms with Crippen molar-refractivity contribution in [1.29, 1.82) is 0 Å². The molecular formula is C15H11F2NO3.